The molecule has 0 saturated heterocycles. The molecule has 60 valence electrons. The third-order valence-electron chi connectivity index (χ3n) is 1.05. The third kappa shape index (κ3) is 3.47. The third-order valence-corrected chi connectivity index (χ3v) is 1.05. The molecule has 0 aromatic carbocycles. The smallest absolute Gasteiger partial charge is 0.168 e. The maximum Gasteiger partial charge on any atom is 0.168 e. The number of aromatic nitrogens is 1. The summed E-state index contributed by atoms with van der Waals surface area (Å²) in [7, 11) is 1.00. The van der Waals surface area contributed by atoms with Gasteiger partial charge in [-0.3, -0.25) is 9.78 Å². The zero-order chi connectivity index (χ0) is 8.69. The standard InChI is InChI=1S/C7H7NO.CH4O/c1-6-2-3-7(5-9)8-4-6;1-2/h2-5H,1H3;2H,1H3. The first kappa shape index (κ1) is 9.78. The second-order valence-electron chi connectivity index (χ2n) is 1.88. The average Bonchev–Trinajstić information content (AvgIpc) is 2.10. The van der Waals surface area contributed by atoms with E-state index in [-0.39, 0.29) is 0 Å². The molecule has 0 spiro atoms. The van der Waals surface area contributed by atoms with Gasteiger partial charge in [0.1, 0.15) is 5.69 Å². The highest BCUT2D eigenvalue weighted by atomic mass is 16.2. The summed E-state index contributed by atoms with van der Waals surface area (Å²) in [6, 6.07) is 3.55. The second kappa shape index (κ2) is 5.56. The van der Waals surface area contributed by atoms with E-state index in [4.69, 9.17) is 5.11 Å². The fourth-order valence-electron chi connectivity index (χ4n) is 0.549. The van der Waals surface area contributed by atoms with Gasteiger partial charge in [0.15, 0.2) is 6.29 Å². The summed E-state index contributed by atoms with van der Waals surface area (Å²) in [6.45, 7) is 1.93. The number of hydrogen-bond donors (Lipinski definition) is 1. The van der Waals surface area contributed by atoms with E-state index >= 15 is 0 Å². The van der Waals surface area contributed by atoms with Crippen LogP contribution in [0.5, 0.6) is 0 Å². The Hall–Kier alpha value is -1.22. The van der Waals surface area contributed by atoms with Crippen molar-refractivity contribution in [1.82, 2.24) is 4.98 Å². The first-order chi connectivity index (χ1) is 5.33. The van der Waals surface area contributed by atoms with Crippen LogP contribution in [0.25, 0.3) is 0 Å². The van der Waals surface area contributed by atoms with Crippen molar-refractivity contribution < 1.29 is 9.90 Å². The predicted octanol–water partition coefficient (Wildman–Crippen LogP) is 0.811. The summed E-state index contributed by atoms with van der Waals surface area (Å²) < 4.78 is 0. The Bertz CT molecular complexity index is 206. The number of nitrogens with zero attached hydrogens (tertiary/aromatic N) is 1. The van der Waals surface area contributed by atoms with Crippen molar-refractivity contribution in [3.63, 3.8) is 0 Å². The van der Waals surface area contributed by atoms with Crippen LogP contribution < -0.4 is 0 Å². The molecule has 0 amide bonds. The minimum atomic E-state index is 0.487. The van der Waals surface area contributed by atoms with Gasteiger partial charge in [0.25, 0.3) is 0 Å². The molecule has 1 N–H and O–H groups in total. The molecule has 1 rings (SSSR count). The zero-order valence-corrected chi connectivity index (χ0v) is 6.61. The second-order valence-corrected chi connectivity index (χ2v) is 1.88. The quantitative estimate of drug-likeness (QED) is 0.607. The van der Waals surface area contributed by atoms with Crippen LogP contribution in [0.15, 0.2) is 18.3 Å². The summed E-state index contributed by atoms with van der Waals surface area (Å²) in [6.07, 6.45) is 2.41. The Labute approximate surface area is 65.7 Å². The van der Waals surface area contributed by atoms with Gasteiger partial charge in [-0.2, -0.15) is 0 Å². The van der Waals surface area contributed by atoms with Gasteiger partial charge in [0, 0.05) is 13.3 Å². The molecular formula is C8H11NO2. The van der Waals surface area contributed by atoms with Gasteiger partial charge in [-0.25, -0.2) is 0 Å². The number of pyridine rings is 1. The van der Waals surface area contributed by atoms with E-state index in [0.29, 0.717) is 5.69 Å². The van der Waals surface area contributed by atoms with Crippen molar-refractivity contribution in [2.45, 2.75) is 6.92 Å². The molecule has 0 bridgehead atoms. The van der Waals surface area contributed by atoms with E-state index in [1.165, 1.54) is 0 Å². The largest absolute Gasteiger partial charge is 0.400 e. The number of carbonyl (C=O) groups excluding carboxylic acids is 1. The van der Waals surface area contributed by atoms with Crippen molar-refractivity contribution in [2.75, 3.05) is 7.11 Å². The summed E-state index contributed by atoms with van der Waals surface area (Å²) in [5.41, 5.74) is 1.56. The minimum Gasteiger partial charge on any atom is -0.400 e. The zero-order valence-electron chi connectivity index (χ0n) is 6.61. The van der Waals surface area contributed by atoms with E-state index in [1.807, 2.05) is 13.0 Å². The van der Waals surface area contributed by atoms with Crippen LogP contribution >= 0.6 is 0 Å². The van der Waals surface area contributed by atoms with Crippen molar-refractivity contribution in [3.8, 4) is 0 Å². The lowest BCUT2D eigenvalue weighted by molar-refractivity contribution is 0.111. The average molecular weight is 153 g/mol. The first-order valence-corrected chi connectivity index (χ1v) is 3.15. The number of aliphatic hydroxyl groups is 1. The number of carbonyl (C=O) groups is 1. The maximum atomic E-state index is 10.1. The van der Waals surface area contributed by atoms with Crippen molar-refractivity contribution in [1.29, 1.82) is 0 Å². The normalized spacial score (nSPS) is 7.91. The Morgan fingerprint density at radius 3 is 2.45 bits per heavy atom. The van der Waals surface area contributed by atoms with Gasteiger partial charge < -0.3 is 5.11 Å². The molecular weight excluding hydrogens is 142 g/mol. The highest BCUT2D eigenvalue weighted by Gasteiger charge is 1.86. The number of rotatable bonds is 1. The fraction of sp³-hybridized carbons (Fsp3) is 0.250. The van der Waals surface area contributed by atoms with Crippen LogP contribution in [0.4, 0.5) is 0 Å². The summed E-state index contributed by atoms with van der Waals surface area (Å²) in [5, 5.41) is 7.00. The molecule has 0 aliphatic rings. The monoisotopic (exact) mass is 153 g/mol. The van der Waals surface area contributed by atoms with Crippen LogP contribution in [-0.2, 0) is 0 Å². The van der Waals surface area contributed by atoms with Crippen LogP contribution in [0.3, 0.4) is 0 Å². The van der Waals surface area contributed by atoms with E-state index in [9.17, 15) is 4.79 Å². The molecule has 0 fully saturated rings. The molecule has 0 radical (unpaired) electrons. The van der Waals surface area contributed by atoms with E-state index in [0.717, 1.165) is 19.0 Å². The highest BCUT2D eigenvalue weighted by molar-refractivity contribution is 5.71. The molecule has 0 saturated carbocycles. The van der Waals surface area contributed by atoms with Crippen LogP contribution in [0.2, 0.25) is 0 Å². The predicted molar refractivity (Wildman–Crippen MR) is 42.5 cm³/mol. The van der Waals surface area contributed by atoms with Crippen molar-refractivity contribution in [2.24, 2.45) is 0 Å². The number of aliphatic hydroxyl groups excluding tert-OH is 1. The topological polar surface area (TPSA) is 50.2 Å². The molecule has 3 nitrogen and oxygen atoms in total. The van der Waals surface area contributed by atoms with E-state index in [1.54, 1.807) is 12.3 Å². The summed E-state index contributed by atoms with van der Waals surface area (Å²) >= 11 is 0. The van der Waals surface area contributed by atoms with Gasteiger partial charge >= 0.3 is 0 Å². The maximum absolute atomic E-state index is 10.1. The lowest BCUT2D eigenvalue weighted by Crippen LogP contribution is -1.84. The Morgan fingerprint density at radius 2 is 2.09 bits per heavy atom. The molecule has 3 heteroatoms. The van der Waals surface area contributed by atoms with Crippen LogP contribution in [-0.4, -0.2) is 23.5 Å². The Kier molecular flexibility index (Phi) is 4.94. The SMILES string of the molecule is CO.Cc1ccc(C=O)nc1. The fourth-order valence-corrected chi connectivity index (χ4v) is 0.549. The van der Waals surface area contributed by atoms with Gasteiger partial charge in [-0.15, -0.1) is 0 Å². The lowest BCUT2D eigenvalue weighted by Gasteiger charge is -1.88. The molecule has 0 atom stereocenters. The number of aldehydes is 1. The van der Waals surface area contributed by atoms with Crippen molar-refractivity contribution >= 4 is 6.29 Å². The number of aryl methyl sites for hydroxylation is 1. The Morgan fingerprint density at radius 1 is 1.45 bits per heavy atom. The number of hydrogen-bond acceptors (Lipinski definition) is 3. The van der Waals surface area contributed by atoms with Crippen LogP contribution in [0.1, 0.15) is 16.1 Å². The molecule has 0 unspecified atom stereocenters. The summed E-state index contributed by atoms with van der Waals surface area (Å²) in [5.74, 6) is 0. The Balaban J connectivity index is 0.000000461. The molecule has 0 aliphatic heterocycles. The molecule has 0 aliphatic carbocycles. The molecule has 1 aromatic heterocycles. The highest BCUT2D eigenvalue weighted by Crippen LogP contribution is 1.94. The van der Waals surface area contributed by atoms with Gasteiger partial charge in [0.2, 0.25) is 0 Å². The minimum absolute atomic E-state index is 0.487. The van der Waals surface area contributed by atoms with Gasteiger partial charge in [0.05, 0.1) is 0 Å². The van der Waals surface area contributed by atoms with Gasteiger partial charge in [-0.05, 0) is 18.6 Å². The van der Waals surface area contributed by atoms with Gasteiger partial charge in [-0.1, -0.05) is 6.07 Å². The van der Waals surface area contributed by atoms with E-state index < -0.39 is 0 Å². The summed E-state index contributed by atoms with van der Waals surface area (Å²) in [4.78, 5) is 13.9. The van der Waals surface area contributed by atoms with Crippen LogP contribution in [0, 0.1) is 6.92 Å². The molecule has 1 heterocycles. The lowest BCUT2D eigenvalue weighted by atomic mass is 10.3. The van der Waals surface area contributed by atoms with E-state index in [2.05, 4.69) is 4.98 Å². The molecule has 1 aromatic rings. The first-order valence-electron chi connectivity index (χ1n) is 3.15. The molecule has 11 heavy (non-hydrogen) atoms. The van der Waals surface area contributed by atoms with Crippen molar-refractivity contribution in [3.05, 3.63) is 29.6 Å².